The Morgan fingerprint density at radius 3 is 2.93 bits per heavy atom. The summed E-state index contributed by atoms with van der Waals surface area (Å²) in [5.74, 6) is 1.07. The summed E-state index contributed by atoms with van der Waals surface area (Å²) in [6.07, 6.45) is 4.80. The second-order valence-corrected chi connectivity index (χ2v) is 4.38. The molecule has 78 valence electrons. The number of imidazole rings is 1. The highest BCUT2D eigenvalue weighted by molar-refractivity contribution is 9.11. The maximum absolute atomic E-state index is 4.32. The van der Waals surface area contributed by atoms with Gasteiger partial charge in [0.2, 0.25) is 0 Å². The quantitative estimate of drug-likeness (QED) is 0.878. The van der Waals surface area contributed by atoms with E-state index < -0.39 is 0 Å². The molecule has 0 radical (unpaired) electrons. The predicted molar refractivity (Wildman–Crippen MR) is 62.3 cm³/mol. The highest BCUT2D eigenvalue weighted by atomic mass is 79.9. The number of nitrogens with one attached hydrogen (secondary N) is 1. The molecule has 14 heavy (non-hydrogen) atoms. The van der Waals surface area contributed by atoms with Crippen LogP contribution in [-0.4, -0.2) is 16.1 Å². The lowest BCUT2D eigenvalue weighted by atomic mass is 10.2. The van der Waals surface area contributed by atoms with Crippen molar-refractivity contribution in [3.05, 3.63) is 29.3 Å². The molecule has 1 aromatic rings. The predicted octanol–water partition coefficient (Wildman–Crippen LogP) is 2.37. The van der Waals surface area contributed by atoms with E-state index in [-0.39, 0.29) is 0 Å². The Balaban J connectivity index is 2.63. The normalized spacial score (nSPS) is 12.8. The second kappa shape index (κ2) is 5.32. The number of halogens is 1. The standard InChI is InChI=1S/C10H16BrN3/c1-4-9(13-7-8(2)11)10-12-5-6-14(10)3/h5-6,9,13H,2,4,7H2,1,3H3. The molecule has 0 aliphatic heterocycles. The van der Waals surface area contributed by atoms with Gasteiger partial charge in [0.05, 0.1) is 6.04 Å². The first-order chi connectivity index (χ1) is 6.65. The minimum absolute atomic E-state index is 0.296. The average molecular weight is 258 g/mol. The zero-order chi connectivity index (χ0) is 10.6. The Bertz CT molecular complexity index is 306. The van der Waals surface area contributed by atoms with Crippen LogP contribution in [0, 0.1) is 0 Å². The Morgan fingerprint density at radius 2 is 2.50 bits per heavy atom. The lowest BCUT2D eigenvalue weighted by molar-refractivity contribution is 0.506. The molecule has 1 rings (SSSR count). The SMILES string of the molecule is C=C(Br)CNC(CC)c1nccn1C. The summed E-state index contributed by atoms with van der Waals surface area (Å²) in [6.45, 7) is 6.70. The van der Waals surface area contributed by atoms with Crippen molar-refractivity contribution in [3.63, 3.8) is 0 Å². The number of rotatable bonds is 5. The van der Waals surface area contributed by atoms with Gasteiger partial charge in [-0.1, -0.05) is 29.4 Å². The van der Waals surface area contributed by atoms with E-state index in [0.29, 0.717) is 6.04 Å². The van der Waals surface area contributed by atoms with E-state index in [0.717, 1.165) is 23.3 Å². The van der Waals surface area contributed by atoms with E-state index in [1.165, 1.54) is 0 Å². The lowest BCUT2D eigenvalue weighted by Crippen LogP contribution is -2.24. The van der Waals surface area contributed by atoms with Crippen molar-refractivity contribution in [2.75, 3.05) is 6.54 Å². The van der Waals surface area contributed by atoms with Crippen molar-refractivity contribution >= 4 is 15.9 Å². The summed E-state index contributed by atoms with van der Waals surface area (Å²) in [5.41, 5.74) is 0. The van der Waals surface area contributed by atoms with Crippen molar-refractivity contribution in [2.24, 2.45) is 7.05 Å². The minimum atomic E-state index is 0.296. The number of hydrogen-bond acceptors (Lipinski definition) is 2. The van der Waals surface area contributed by atoms with E-state index in [4.69, 9.17) is 0 Å². The Morgan fingerprint density at radius 1 is 1.79 bits per heavy atom. The van der Waals surface area contributed by atoms with Crippen LogP contribution in [0.3, 0.4) is 0 Å². The van der Waals surface area contributed by atoms with Crippen LogP contribution >= 0.6 is 15.9 Å². The third kappa shape index (κ3) is 2.96. The van der Waals surface area contributed by atoms with Crippen molar-refractivity contribution in [1.82, 2.24) is 14.9 Å². The van der Waals surface area contributed by atoms with E-state index in [1.807, 2.05) is 24.0 Å². The van der Waals surface area contributed by atoms with Crippen LogP contribution in [0.4, 0.5) is 0 Å². The Hall–Kier alpha value is -0.610. The summed E-state index contributed by atoms with van der Waals surface area (Å²) < 4.78 is 3.00. The van der Waals surface area contributed by atoms with Crippen LogP contribution in [0.15, 0.2) is 23.5 Å². The first-order valence-corrected chi connectivity index (χ1v) is 5.48. The smallest absolute Gasteiger partial charge is 0.125 e. The summed E-state index contributed by atoms with van der Waals surface area (Å²) in [5, 5.41) is 3.38. The van der Waals surface area contributed by atoms with Crippen molar-refractivity contribution in [1.29, 1.82) is 0 Å². The highest BCUT2D eigenvalue weighted by Crippen LogP contribution is 2.14. The highest BCUT2D eigenvalue weighted by Gasteiger charge is 2.12. The molecule has 1 N–H and O–H groups in total. The maximum Gasteiger partial charge on any atom is 0.125 e. The van der Waals surface area contributed by atoms with Crippen LogP contribution in [0.2, 0.25) is 0 Å². The molecule has 0 spiro atoms. The van der Waals surface area contributed by atoms with Gasteiger partial charge in [0.1, 0.15) is 5.82 Å². The van der Waals surface area contributed by atoms with Crippen molar-refractivity contribution in [2.45, 2.75) is 19.4 Å². The molecule has 4 heteroatoms. The fraction of sp³-hybridized carbons (Fsp3) is 0.500. The van der Waals surface area contributed by atoms with Crippen molar-refractivity contribution < 1.29 is 0 Å². The van der Waals surface area contributed by atoms with Crippen LogP contribution in [0.1, 0.15) is 25.2 Å². The molecule has 3 nitrogen and oxygen atoms in total. The number of aryl methyl sites for hydroxylation is 1. The number of nitrogens with zero attached hydrogens (tertiary/aromatic N) is 2. The van der Waals surface area contributed by atoms with E-state index in [1.54, 1.807) is 0 Å². The topological polar surface area (TPSA) is 29.9 Å². The molecule has 0 aromatic carbocycles. The minimum Gasteiger partial charge on any atom is -0.337 e. The molecule has 1 aromatic heterocycles. The number of hydrogen-bond donors (Lipinski definition) is 1. The van der Waals surface area contributed by atoms with E-state index in [2.05, 4.69) is 39.7 Å². The van der Waals surface area contributed by atoms with Gasteiger partial charge in [-0.05, 0) is 6.42 Å². The molecule has 0 aliphatic rings. The van der Waals surface area contributed by atoms with Crippen LogP contribution < -0.4 is 5.32 Å². The maximum atomic E-state index is 4.32. The second-order valence-electron chi connectivity index (χ2n) is 3.26. The third-order valence-corrected chi connectivity index (χ3v) is 2.40. The summed E-state index contributed by atoms with van der Waals surface area (Å²) >= 11 is 3.33. The average Bonchev–Trinajstić information content (AvgIpc) is 2.53. The zero-order valence-electron chi connectivity index (χ0n) is 8.63. The fourth-order valence-electron chi connectivity index (χ4n) is 1.37. The third-order valence-electron chi connectivity index (χ3n) is 2.12. The van der Waals surface area contributed by atoms with Gasteiger partial charge in [0.25, 0.3) is 0 Å². The molecule has 0 aliphatic carbocycles. The molecule has 0 bridgehead atoms. The molecular formula is C10H16BrN3. The summed E-state index contributed by atoms with van der Waals surface area (Å²) in [7, 11) is 2.01. The zero-order valence-corrected chi connectivity index (χ0v) is 10.2. The molecular weight excluding hydrogens is 242 g/mol. The first kappa shape index (κ1) is 11.5. The molecule has 0 fully saturated rings. The van der Waals surface area contributed by atoms with Crippen LogP contribution in [0.25, 0.3) is 0 Å². The van der Waals surface area contributed by atoms with Gasteiger partial charge in [-0.15, -0.1) is 0 Å². The summed E-state index contributed by atoms with van der Waals surface area (Å²) in [4.78, 5) is 4.32. The van der Waals surface area contributed by atoms with Gasteiger partial charge in [-0.25, -0.2) is 4.98 Å². The monoisotopic (exact) mass is 257 g/mol. The van der Waals surface area contributed by atoms with E-state index >= 15 is 0 Å². The summed E-state index contributed by atoms with van der Waals surface area (Å²) in [6, 6.07) is 0.296. The molecule has 0 saturated heterocycles. The van der Waals surface area contributed by atoms with Gasteiger partial charge in [-0.2, -0.15) is 0 Å². The van der Waals surface area contributed by atoms with Crippen LogP contribution in [-0.2, 0) is 7.05 Å². The van der Waals surface area contributed by atoms with Gasteiger partial charge in [0.15, 0.2) is 0 Å². The van der Waals surface area contributed by atoms with Gasteiger partial charge in [-0.3, -0.25) is 0 Å². The lowest BCUT2D eigenvalue weighted by Gasteiger charge is -2.16. The molecule has 0 saturated carbocycles. The van der Waals surface area contributed by atoms with Gasteiger partial charge in [0, 0.05) is 30.5 Å². The van der Waals surface area contributed by atoms with Crippen molar-refractivity contribution in [3.8, 4) is 0 Å². The van der Waals surface area contributed by atoms with Crippen LogP contribution in [0.5, 0.6) is 0 Å². The Kier molecular flexibility index (Phi) is 4.35. The largest absolute Gasteiger partial charge is 0.337 e. The van der Waals surface area contributed by atoms with E-state index in [9.17, 15) is 0 Å². The molecule has 1 atom stereocenters. The first-order valence-electron chi connectivity index (χ1n) is 4.69. The molecule has 0 amide bonds. The number of aromatic nitrogens is 2. The molecule has 1 unspecified atom stereocenters. The Labute approximate surface area is 93.4 Å². The fourth-order valence-corrected chi connectivity index (χ4v) is 1.53. The van der Waals surface area contributed by atoms with Gasteiger partial charge >= 0.3 is 0 Å². The molecule has 1 heterocycles. The van der Waals surface area contributed by atoms with Gasteiger partial charge < -0.3 is 9.88 Å².